The van der Waals surface area contributed by atoms with Gasteiger partial charge in [0.15, 0.2) is 0 Å². The summed E-state index contributed by atoms with van der Waals surface area (Å²) in [6.45, 7) is 5.90. The molecule has 0 bridgehead atoms. The first-order chi connectivity index (χ1) is 10.2. The van der Waals surface area contributed by atoms with Crippen LogP contribution in [0.4, 0.5) is 0 Å². The number of hydrogen-bond donors (Lipinski definition) is 1. The summed E-state index contributed by atoms with van der Waals surface area (Å²) in [6, 6.07) is 8.08. The van der Waals surface area contributed by atoms with Gasteiger partial charge in [-0.15, -0.1) is 0 Å². The second-order valence-corrected chi connectivity index (χ2v) is 6.81. The molecule has 1 aromatic rings. The smallest absolute Gasteiger partial charge is 0.0406 e. The molecule has 1 fully saturated rings. The third-order valence-electron chi connectivity index (χ3n) is 4.69. The first-order valence-corrected chi connectivity index (χ1v) is 8.80. The molecule has 2 N–H and O–H groups in total. The van der Waals surface area contributed by atoms with Crippen molar-refractivity contribution in [2.24, 2.45) is 11.7 Å². The fraction of sp³-hybridized carbons (Fsp3) is 0.667. The van der Waals surface area contributed by atoms with Crippen molar-refractivity contribution >= 4 is 11.6 Å². The predicted molar refractivity (Wildman–Crippen MR) is 91.7 cm³/mol. The molecule has 2 unspecified atom stereocenters. The van der Waals surface area contributed by atoms with Crippen molar-refractivity contribution in [1.29, 1.82) is 0 Å². The van der Waals surface area contributed by atoms with Crippen LogP contribution in [0.15, 0.2) is 24.3 Å². The maximum atomic E-state index is 6.31. The summed E-state index contributed by atoms with van der Waals surface area (Å²) >= 11 is 5.92. The Morgan fingerprint density at radius 3 is 2.71 bits per heavy atom. The third kappa shape index (κ3) is 5.61. The monoisotopic (exact) mass is 308 g/mol. The third-order valence-corrected chi connectivity index (χ3v) is 4.94. The van der Waals surface area contributed by atoms with E-state index in [-0.39, 0.29) is 6.04 Å². The van der Waals surface area contributed by atoms with Gasteiger partial charge in [-0.3, -0.25) is 0 Å². The maximum Gasteiger partial charge on any atom is 0.0406 e. The summed E-state index contributed by atoms with van der Waals surface area (Å²) in [4.78, 5) is 2.60. The van der Waals surface area contributed by atoms with Crippen molar-refractivity contribution in [3.63, 3.8) is 0 Å². The molecule has 0 radical (unpaired) electrons. The minimum atomic E-state index is 0.122. The lowest BCUT2D eigenvalue weighted by atomic mass is 9.96. The Morgan fingerprint density at radius 2 is 2.00 bits per heavy atom. The first kappa shape index (κ1) is 16.8. The molecular formula is C18H29ClN2. The van der Waals surface area contributed by atoms with Gasteiger partial charge >= 0.3 is 0 Å². The quantitative estimate of drug-likeness (QED) is 0.830. The van der Waals surface area contributed by atoms with Crippen LogP contribution in [-0.4, -0.2) is 24.5 Å². The second-order valence-electron chi connectivity index (χ2n) is 6.37. The molecule has 2 atom stereocenters. The molecule has 1 saturated heterocycles. The number of halogens is 1. The van der Waals surface area contributed by atoms with Gasteiger partial charge in [0.05, 0.1) is 0 Å². The van der Waals surface area contributed by atoms with E-state index in [4.69, 9.17) is 17.3 Å². The van der Waals surface area contributed by atoms with E-state index in [0.29, 0.717) is 0 Å². The molecule has 0 aromatic heterocycles. The average molecular weight is 309 g/mol. The molecule has 118 valence electrons. The molecule has 3 heteroatoms. The molecule has 21 heavy (non-hydrogen) atoms. The van der Waals surface area contributed by atoms with Crippen molar-refractivity contribution in [3.8, 4) is 0 Å². The normalized spacial score (nSPS) is 22.0. The molecular weight excluding hydrogens is 280 g/mol. The van der Waals surface area contributed by atoms with Crippen LogP contribution in [0.25, 0.3) is 0 Å². The van der Waals surface area contributed by atoms with Gasteiger partial charge in [-0.05, 0) is 68.9 Å². The highest BCUT2D eigenvalue weighted by Crippen LogP contribution is 2.23. The maximum absolute atomic E-state index is 6.31. The summed E-state index contributed by atoms with van der Waals surface area (Å²) in [7, 11) is 0. The Balaban J connectivity index is 1.76. The summed E-state index contributed by atoms with van der Waals surface area (Å²) in [5, 5.41) is 0.778. The molecule has 1 heterocycles. The van der Waals surface area contributed by atoms with Gasteiger partial charge in [0.25, 0.3) is 0 Å². The van der Waals surface area contributed by atoms with Crippen LogP contribution in [0.3, 0.4) is 0 Å². The van der Waals surface area contributed by atoms with Gasteiger partial charge in [-0.2, -0.15) is 0 Å². The zero-order valence-corrected chi connectivity index (χ0v) is 14.0. The molecule has 1 aliphatic rings. The topological polar surface area (TPSA) is 29.3 Å². The summed E-state index contributed by atoms with van der Waals surface area (Å²) < 4.78 is 0. The van der Waals surface area contributed by atoms with Crippen molar-refractivity contribution in [1.82, 2.24) is 4.90 Å². The van der Waals surface area contributed by atoms with E-state index in [0.717, 1.165) is 23.9 Å². The standard InChI is InChI=1S/C18H29ClN2/c1-2-4-15-5-3-12-21(13-10-15)14-11-18(20)16-6-8-17(19)9-7-16/h6-9,15,18H,2-5,10-14,20H2,1H3. The van der Waals surface area contributed by atoms with Crippen LogP contribution in [-0.2, 0) is 0 Å². The van der Waals surface area contributed by atoms with Crippen LogP contribution < -0.4 is 5.73 Å². The number of nitrogens with zero attached hydrogens (tertiary/aromatic N) is 1. The van der Waals surface area contributed by atoms with E-state index in [1.165, 1.54) is 50.8 Å². The Morgan fingerprint density at radius 1 is 1.24 bits per heavy atom. The first-order valence-electron chi connectivity index (χ1n) is 8.42. The summed E-state index contributed by atoms with van der Waals surface area (Å²) in [5.74, 6) is 0.949. The highest BCUT2D eigenvalue weighted by molar-refractivity contribution is 6.30. The molecule has 0 aliphatic carbocycles. The van der Waals surface area contributed by atoms with Crippen LogP contribution in [0.1, 0.15) is 57.1 Å². The SMILES string of the molecule is CCCC1CCCN(CCC(N)c2ccc(Cl)cc2)CC1. The van der Waals surface area contributed by atoms with E-state index in [1.54, 1.807) is 0 Å². The number of benzene rings is 1. The lowest BCUT2D eigenvalue weighted by Crippen LogP contribution is -2.28. The van der Waals surface area contributed by atoms with Crippen molar-refractivity contribution in [3.05, 3.63) is 34.9 Å². The van der Waals surface area contributed by atoms with Crippen LogP contribution in [0, 0.1) is 5.92 Å². The van der Waals surface area contributed by atoms with Gasteiger partial charge in [0.1, 0.15) is 0 Å². The number of nitrogens with two attached hydrogens (primary N) is 1. The predicted octanol–water partition coefficient (Wildman–Crippen LogP) is 4.63. The zero-order chi connectivity index (χ0) is 15.1. The number of hydrogen-bond acceptors (Lipinski definition) is 2. The van der Waals surface area contributed by atoms with E-state index in [9.17, 15) is 0 Å². The minimum Gasteiger partial charge on any atom is -0.324 e. The van der Waals surface area contributed by atoms with Crippen molar-refractivity contribution in [2.75, 3.05) is 19.6 Å². The number of likely N-dealkylation sites (tertiary alicyclic amines) is 1. The fourth-order valence-electron chi connectivity index (χ4n) is 3.34. The largest absolute Gasteiger partial charge is 0.324 e. The van der Waals surface area contributed by atoms with Crippen LogP contribution in [0.5, 0.6) is 0 Å². The highest BCUT2D eigenvalue weighted by Gasteiger charge is 2.17. The second kappa shape index (κ2) is 8.77. The van der Waals surface area contributed by atoms with Gasteiger partial charge < -0.3 is 10.6 Å². The van der Waals surface area contributed by atoms with Crippen molar-refractivity contribution in [2.45, 2.75) is 51.5 Å². The Hall–Kier alpha value is -0.570. The van der Waals surface area contributed by atoms with Gasteiger partial charge in [0, 0.05) is 11.1 Å². The molecule has 1 aromatic carbocycles. The summed E-state index contributed by atoms with van der Waals surface area (Å²) in [6.07, 6.45) is 7.88. The van der Waals surface area contributed by atoms with Crippen LogP contribution >= 0.6 is 11.6 Å². The van der Waals surface area contributed by atoms with E-state index in [2.05, 4.69) is 11.8 Å². The van der Waals surface area contributed by atoms with E-state index >= 15 is 0 Å². The zero-order valence-electron chi connectivity index (χ0n) is 13.2. The molecule has 2 nitrogen and oxygen atoms in total. The Bertz CT molecular complexity index is 404. The van der Waals surface area contributed by atoms with Crippen molar-refractivity contribution < 1.29 is 0 Å². The Kier molecular flexibility index (Phi) is 7.01. The van der Waals surface area contributed by atoms with Gasteiger partial charge in [-0.25, -0.2) is 0 Å². The fourth-order valence-corrected chi connectivity index (χ4v) is 3.47. The lowest BCUT2D eigenvalue weighted by Gasteiger charge is -2.22. The molecule has 1 aliphatic heterocycles. The molecule has 0 amide bonds. The number of rotatable bonds is 6. The van der Waals surface area contributed by atoms with Crippen LogP contribution in [0.2, 0.25) is 5.02 Å². The molecule has 0 saturated carbocycles. The minimum absolute atomic E-state index is 0.122. The van der Waals surface area contributed by atoms with E-state index < -0.39 is 0 Å². The van der Waals surface area contributed by atoms with Gasteiger partial charge in [0.2, 0.25) is 0 Å². The molecule has 2 rings (SSSR count). The molecule has 0 spiro atoms. The summed E-state index contributed by atoms with van der Waals surface area (Å²) in [5.41, 5.74) is 7.50. The average Bonchev–Trinajstić information content (AvgIpc) is 2.71. The lowest BCUT2D eigenvalue weighted by molar-refractivity contribution is 0.268. The highest BCUT2D eigenvalue weighted by atomic mass is 35.5. The van der Waals surface area contributed by atoms with Gasteiger partial charge in [-0.1, -0.05) is 43.5 Å². The van der Waals surface area contributed by atoms with E-state index in [1.807, 2.05) is 24.3 Å². The Labute approximate surface area is 134 Å².